The van der Waals surface area contributed by atoms with Crippen LogP contribution >= 0.6 is 0 Å². The lowest BCUT2D eigenvalue weighted by atomic mass is 10.0. The summed E-state index contributed by atoms with van der Waals surface area (Å²) in [6, 6.07) is 22.5. The molecule has 1 atom stereocenters. The number of carbonyl (C=O) groups is 2. The van der Waals surface area contributed by atoms with E-state index in [2.05, 4.69) is 5.32 Å². The molecule has 0 saturated carbocycles. The molecule has 200 valence electrons. The number of methoxy groups -OCH3 is 2. The fraction of sp³-hybridized carbons (Fsp3) is 0.333. The number of amides is 2. The largest absolute Gasteiger partial charge is 0.493 e. The SMILES string of the molecule is CCN(C(=O)C1CNCC(=O)N1c1cccc(-c2ccccc2)c1)c1ccc(OC)c(OCCCOC)c1. The number of benzene rings is 3. The van der Waals surface area contributed by atoms with Gasteiger partial charge in [-0.05, 0) is 42.3 Å². The molecule has 0 spiro atoms. The van der Waals surface area contributed by atoms with Gasteiger partial charge < -0.3 is 24.4 Å². The molecule has 1 aliphatic heterocycles. The van der Waals surface area contributed by atoms with E-state index in [1.54, 1.807) is 30.1 Å². The quantitative estimate of drug-likeness (QED) is 0.385. The Morgan fingerprint density at radius 3 is 2.50 bits per heavy atom. The molecule has 1 aliphatic rings. The second-order valence-electron chi connectivity index (χ2n) is 8.94. The van der Waals surface area contributed by atoms with Crippen molar-refractivity contribution in [1.82, 2.24) is 5.32 Å². The van der Waals surface area contributed by atoms with Crippen molar-refractivity contribution in [3.05, 3.63) is 72.8 Å². The van der Waals surface area contributed by atoms with Gasteiger partial charge in [-0.15, -0.1) is 0 Å². The van der Waals surface area contributed by atoms with Crippen LogP contribution in [0.1, 0.15) is 13.3 Å². The first-order chi connectivity index (χ1) is 18.6. The molecule has 3 aromatic rings. The first kappa shape index (κ1) is 27.2. The van der Waals surface area contributed by atoms with Crippen molar-refractivity contribution in [2.75, 3.05) is 56.9 Å². The standard InChI is InChI=1S/C30H35N3O5/c1-4-32(24-14-15-27(37-3)28(19-24)38-17-9-16-36-2)30(35)26-20-31-21-29(34)33(26)25-13-8-12-23(18-25)22-10-6-5-7-11-22/h5-8,10-15,18-19,26,31H,4,9,16-17,20-21H2,1-3H3. The van der Waals surface area contributed by atoms with Crippen molar-refractivity contribution in [2.24, 2.45) is 0 Å². The molecule has 38 heavy (non-hydrogen) atoms. The smallest absolute Gasteiger partial charge is 0.251 e. The van der Waals surface area contributed by atoms with Gasteiger partial charge in [-0.25, -0.2) is 0 Å². The molecule has 8 nitrogen and oxygen atoms in total. The molecule has 0 aromatic heterocycles. The van der Waals surface area contributed by atoms with E-state index >= 15 is 0 Å². The third-order valence-electron chi connectivity index (χ3n) is 6.50. The van der Waals surface area contributed by atoms with Crippen LogP contribution in [0.15, 0.2) is 72.8 Å². The fourth-order valence-electron chi connectivity index (χ4n) is 4.63. The van der Waals surface area contributed by atoms with E-state index in [9.17, 15) is 9.59 Å². The first-order valence-electron chi connectivity index (χ1n) is 12.9. The van der Waals surface area contributed by atoms with E-state index in [1.165, 1.54) is 0 Å². The molecule has 0 aliphatic carbocycles. The number of nitrogens with zero attached hydrogens (tertiary/aromatic N) is 2. The second kappa shape index (κ2) is 13.1. The maximum Gasteiger partial charge on any atom is 0.251 e. The molecule has 1 fully saturated rings. The number of piperazine rings is 1. The van der Waals surface area contributed by atoms with Crippen LogP contribution in [0.25, 0.3) is 11.1 Å². The Balaban J connectivity index is 1.62. The number of hydrogen-bond acceptors (Lipinski definition) is 6. The van der Waals surface area contributed by atoms with Gasteiger partial charge >= 0.3 is 0 Å². The molecule has 4 rings (SSSR count). The summed E-state index contributed by atoms with van der Waals surface area (Å²) < 4.78 is 16.5. The number of rotatable bonds is 11. The second-order valence-corrected chi connectivity index (χ2v) is 8.94. The normalized spacial score (nSPS) is 15.3. The van der Waals surface area contributed by atoms with E-state index in [1.807, 2.05) is 73.7 Å². The summed E-state index contributed by atoms with van der Waals surface area (Å²) in [6.07, 6.45) is 0.729. The number of carbonyl (C=O) groups excluding carboxylic acids is 2. The topological polar surface area (TPSA) is 80.3 Å². The summed E-state index contributed by atoms with van der Waals surface area (Å²) in [5, 5.41) is 3.12. The minimum atomic E-state index is -0.699. The number of nitrogens with one attached hydrogen (secondary N) is 1. The molecule has 1 heterocycles. The molecule has 8 heteroatoms. The fourth-order valence-corrected chi connectivity index (χ4v) is 4.63. The number of anilines is 2. The zero-order valence-corrected chi connectivity index (χ0v) is 22.2. The third kappa shape index (κ3) is 6.15. The number of hydrogen-bond donors (Lipinski definition) is 1. The molecule has 1 unspecified atom stereocenters. The van der Waals surface area contributed by atoms with Crippen LogP contribution in [0.2, 0.25) is 0 Å². The highest BCUT2D eigenvalue weighted by Gasteiger charge is 2.37. The highest BCUT2D eigenvalue weighted by Crippen LogP contribution is 2.33. The Morgan fingerprint density at radius 2 is 1.76 bits per heavy atom. The van der Waals surface area contributed by atoms with Gasteiger partial charge in [-0.1, -0.05) is 42.5 Å². The predicted molar refractivity (Wildman–Crippen MR) is 149 cm³/mol. The van der Waals surface area contributed by atoms with Crippen LogP contribution in [0.5, 0.6) is 11.5 Å². The van der Waals surface area contributed by atoms with Crippen molar-refractivity contribution in [3.8, 4) is 22.6 Å². The zero-order valence-electron chi connectivity index (χ0n) is 22.2. The Hall–Kier alpha value is -3.88. The summed E-state index contributed by atoms with van der Waals surface area (Å²) in [6.45, 7) is 3.92. The van der Waals surface area contributed by atoms with E-state index in [4.69, 9.17) is 14.2 Å². The van der Waals surface area contributed by atoms with Gasteiger partial charge in [0.25, 0.3) is 5.91 Å². The highest BCUT2D eigenvalue weighted by molar-refractivity contribution is 6.08. The Labute approximate surface area is 224 Å². The Kier molecular flexibility index (Phi) is 9.35. The molecule has 3 aromatic carbocycles. The van der Waals surface area contributed by atoms with Crippen molar-refractivity contribution >= 4 is 23.2 Å². The van der Waals surface area contributed by atoms with E-state index in [-0.39, 0.29) is 18.4 Å². The Morgan fingerprint density at radius 1 is 0.974 bits per heavy atom. The van der Waals surface area contributed by atoms with Gasteiger partial charge in [0, 0.05) is 50.7 Å². The lowest BCUT2D eigenvalue weighted by Crippen LogP contribution is -2.61. The van der Waals surface area contributed by atoms with Crippen LogP contribution in [-0.4, -0.2) is 64.9 Å². The van der Waals surface area contributed by atoms with Gasteiger partial charge in [0.15, 0.2) is 11.5 Å². The van der Waals surface area contributed by atoms with Crippen LogP contribution in [0, 0.1) is 0 Å². The summed E-state index contributed by atoms with van der Waals surface area (Å²) in [5.74, 6) is 0.822. The van der Waals surface area contributed by atoms with Crippen molar-refractivity contribution in [3.63, 3.8) is 0 Å². The van der Waals surface area contributed by atoms with Crippen molar-refractivity contribution in [1.29, 1.82) is 0 Å². The van der Waals surface area contributed by atoms with E-state index in [0.29, 0.717) is 49.2 Å². The van der Waals surface area contributed by atoms with Gasteiger partial charge in [0.1, 0.15) is 6.04 Å². The van der Waals surface area contributed by atoms with E-state index < -0.39 is 6.04 Å². The first-order valence-corrected chi connectivity index (χ1v) is 12.9. The van der Waals surface area contributed by atoms with Gasteiger partial charge in [-0.3, -0.25) is 14.5 Å². The van der Waals surface area contributed by atoms with Crippen LogP contribution in [0.4, 0.5) is 11.4 Å². The van der Waals surface area contributed by atoms with Gasteiger partial charge in [0.05, 0.1) is 20.3 Å². The van der Waals surface area contributed by atoms with Crippen LogP contribution in [-0.2, 0) is 14.3 Å². The summed E-state index contributed by atoms with van der Waals surface area (Å²) in [5.41, 5.74) is 3.41. The van der Waals surface area contributed by atoms with Crippen molar-refractivity contribution in [2.45, 2.75) is 19.4 Å². The minimum absolute atomic E-state index is 0.146. The molecular weight excluding hydrogens is 482 g/mol. The third-order valence-corrected chi connectivity index (χ3v) is 6.50. The summed E-state index contributed by atoms with van der Waals surface area (Å²) >= 11 is 0. The van der Waals surface area contributed by atoms with Crippen LogP contribution < -0.4 is 24.6 Å². The summed E-state index contributed by atoms with van der Waals surface area (Å²) in [4.78, 5) is 30.4. The number of likely N-dealkylation sites (N-methyl/N-ethyl adjacent to an activating group) is 1. The molecule has 0 radical (unpaired) electrons. The lowest BCUT2D eigenvalue weighted by molar-refractivity contribution is -0.125. The summed E-state index contributed by atoms with van der Waals surface area (Å²) in [7, 11) is 3.23. The van der Waals surface area contributed by atoms with Gasteiger partial charge in [-0.2, -0.15) is 0 Å². The van der Waals surface area contributed by atoms with Crippen LogP contribution in [0.3, 0.4) is 0 Å². The van der Waals surface area contributed by atoms with E-state index in [0.717, 1.165) is 17.5 Å². The highest BCUT2D eigenvalue weighted by atomic mass is 16.5. The average Bonchev–Trinajstić information content (AvgIpc) is 2.96. The average molecular weight is 518 g/mol. The maximum absolute atomic E-state index is 14.0. The zero-order chi connectivity index (χ0) is 26.9. The Bertz CT molecular complexity index is 1230. The predicted octanol–water partition coefficient (Wildman–Crippen LogP) is 4.14. The molecule has 0 bridgehead atoms. The monoisotopic (exact) mass is 517 g/mol. The van der Waals surface area contributed by atoms with Crippen molar-refractivity contribution < 1.29 is 23.8 Å². The molecule has 2 amide bonds. The maximum atomic E-state index is 14.0. The minimum Gasteiger partial charge on any atom is -0.493 e. The molecule has 1 saturated heterocycles. The lowest BCUT2D eigenvalue weighted by Gasteiger charge is -2.38. The molecule has 1 N–H and O–H groups in total. The van der Waals surface area contributed by atoms with Gasteiger partial charge in [0.2, 0.25) is 5.91 Å². The molecular formula is C30H35N3O5. The number of ether oxygens (including phenoxy) is 3.